The first-order valence-electron chi connectivity index (χ1n) is 9.91. The molecule has 160 valence electrons. The Morgan fingerprint density at radius 3 is 2.41 bits per heavy atom. The Bertz CT molecular complexity index is 1280. The van der Waals surface area contributed by atoms with Crippen molar-refractivity contribution in [3.8, 4) is 22.8 Å². The predicted molar refractivity (Wildman–Crippen MR) is 125 cm³/mol. The van der Waals surface area contributed by atoms with Gasteiger partial charge in [0.25, 0.3) is 0 Å². The molecule has 0 radical (unpaired) electrons. The SMILES string of the molecule is COc1cc(C=Cc2ccccc2)ccc1OC(=O)c1c(-c2ccccc2Cl)noc1C. The summed E-state index contributed by atoms with van der Waals surface area (Å²) in [7, 11) is 1.52. The molecule has 6 heteroatoms. The molecule has 1 aromatic heterocycles. The quantitative estimate of drug-likeness (QED) is 0.188. The molecule has 0 amide bonds. The van der Waals surface area contributed by atoms with Crippen LogP contribution in [0.2, 0.25) is 5.02 Å². The summed E-state index contributed by atoms with van der Waals surface area (Å²) in [6.45, 7) is 1.65. The van der Waals surface area contributed by atoms with Crippen molar-refractivity contribution in [2.24, 2.45) is 0 Å². The van der Waals surface area contributed by atoms with Crippen LogP contribution >= 0.6 is 11.6 Å². The first-order chi connectivity index (χ1) is 15.6. The maximum absolute atomic E-state index is 13.0. The number of ether oxygens (including phenoxy) is 2. The lowest BCUT2D eigenvalue weighted by atomic mass is 10.1. The van der Waals surface area contributed by atoms with E-state index in [0.717, 1.165) is 11.1 Å². The van der Waals surface area contributed by atoms with Crippen molar-refractivity contribution in [2.75, 3.05) is 7.11 Å². The van der Waals surface area contributed by atoms with Crippen molar-refractivity contribution >= 4 is 29.7 Å². The van der Waals surface area contributed by atoms with Gasteiger partial charge in [0, 0.05) is 5.56 Å². The lowest BCUT2D eigenvalue weighted by molar-refractivity contribution is 0.0728. The van der Waals surface area contributed by atoms with E-state index in [9.17, 15) is 4.79 Å². The van der Waals surface area contributed by atoms with E-state index in [0.29, 0.717) is 33.5 Å². The molecule has 0 spiro atoms. The normalized spacial score (nSPS) is 11.0. The number of hydrogen-bond donors (Lipinski definition) is 0. The van der Waals surface area contributed by atoms with Crippen LogP contribution < -0.4 is 9.47 Å². The fraction of sp³-hybridized carbons (Fsp3) is 0.0769. The number of methoxy groups -OCH3 is 1. The van der Waals surface area contributed by atoms with Crippen molar-refractivity contribution in [1.29, 1.82) is 0 Å². The van der Waals surface area contributed by atoms with Crippen LogP contribution in [0.3, 0.4) is 0 Å². The topological polar surface area (TPSA) is 61.6 Å². The molecule has 0 aliphatic carbocycles. The largest absolute Gasteiger partial charge is 0.493 e. The zero-order valence-electron chi connectivity index (χ0n) is 17.5. The molecule has 0 saturated heterocycles. The highest BCUT2D eigenvalue weighted by molar-refractivity contribution is 6.33. The van der Waals surface area contributed by atoms with E-state index in [1.807, 2.05) is 54.6 Å². The van der Waals surface area contributed by atoms with Gasteiger partial charge in [-0.1, -0.05) is 83.5 Å². The van der Waals surface area contributed by atoms with Crippen LogP contribution in [-0.2, 0) is 0 Å². The number of halogens is 1. The number of nitrogens with zero attached hydrogens (tertiary/aromatic N) is 1. The summed E-state index contributed by atoms with van der Waals surface area (Å²) in [4.78, 5) is 13.0. The smallest absolute Gasteiger partial charge is 0.349 e. The Balaban J connectivity index is 1.60. The molecular formula is C26H20ClNO4. The van der Waals surface area contributed by atoms with E-state index < -0.39 is 5.97 Å². The molecule has 4 rings (SSSR count). The molecule has 0 N–H and O–H groups in total. The minimum atomic E-state index is -0.607. The van der Waals surface area contributed by atoms with Gasteiger partial charge < -0.3 is 14.0 Å². The predicted octanol–water partition coefficient (Wildman–Crippen LogP) is 6.70. The molecule has 3 aromatic carbocycles. The third kappa shape index (κ3) is 4.58. The number of benzene rings is 3. The van der Waals surface area contributed by atoms with Crippen molar-refractivity contribution in [3.63, 3.8) is 0 Å². The van der Waals surface area contributed by atoms with Gasteiger partial charge in [-0.15, -0.1) is 0 Å². The Labute approximate surface area is 190 Å². The average molecular weight is 446 g/mol. The van der Waals surface area contributed by atoms with Crippen LogP contribution in [0.5, 0.6) is 11.5 Å². The van der Waals surface area contributed by atoms with Gasteiger partial charge >= 0.3 is 5.97 Å². The molecule has 4 aromatic rings. The lowest BCUT2D eigenvalue weighted by Gasteiger charge is -2.10. The van der Waals surface area contributed by atoms with Crippen LogP contribution in [-0.4, -0.2) is 18.2 Å². The molecule has 0 aliphatic rings. The summed E-state index contributed by atoms with van der Waals surface area (Å²) in [6, 6.07) is 22.4. The first-order valence-corrected chi connectivity index (χ1v) is 10.3. The van der Waals surface area contributed by atoms with Gasteiger partial charge in [0.05, 0.1) is 12.1 Å². The number of carbonyl (C=O) groups is 1. The third-order valence-corrected chi connectivity index (χ3v) is 5.18. The second-order valence-electron chi connectivity index (χ2n) is 6.99. The van der Waals surface area contributed by atoms with Gasteiger partial charge in [-0.3, -0.25) is 0 Å². The Morgan fingerprint density at radius 2 is 1.66 bits per heavy atom. The average Bonchev–Trinajstić information content (AvgIpc) is 3.20. The van der Waals surface area contributed by atoms with E-state index in [-0.39, 0.29) is 5.56 Å². The van der Waals surface area contributed by atoms with Crippen molar-refractivity contribution in [2.45, 2.75) is 6.92 Å². The van der Waals surface area contributed by atoms with Crippen LogP contribution in [0.4, 0.5) is 0 Å². The van der Waals surface area contributed by atoms with Crippen LogP contribution in [0.25, 0.3) is 23.4 Å². The highest BCUT2D eigenvalue weighted by Crippen LogP contribution is 2.34. The van der Waals surface area contributed by atoms with Crippen molar-refractivity contribution in [1.82, 2.24) is 5.16 Å². The van der Waals surface area contributed by atoms with Gasteiger partial charge in [0.2, 0.25) is 0 Å². The van der Waals surface area contributed by atoms with Gasteiger partial charge in [0.15, 0.2) is 11.5 Å². The molecule has 0 aliphatic heterocycles. The monoisotopic (exact) mass is 445 g/mol. The Hall–Kier alpha value is -3.83. The molecule has 0 unspecified atom stereocenters. The molecule has 0 bridgehead atoms. The molecule has 32 heavy (non-hydrogen) atoms. The zero-order valence-corrected chi connectivity index (χ0v) is 18.3. The van der Waals surface area contributed by atoms with Crippen LogP contribution in [0, 0.1) is 6.92 Å². The molecule has 0 fully saturated rings. The zero-order chi connectivity index (χ0) is 22.5. The van der Waals surface area contributed by atoms with Gasteiger partial charge in [-0.2, -0.15) is 0 Å². The van der Waals surface area contributed by atoms with E-state index in [1.54, 1.807) is 37.3 Å². The van der Waals surface area contributed by atoms with Crippen LogP contribution in [0.15, 0.2) is 77.3 Å². The maximum atomic E-state index is 13.0. The number of aryl methyl sites for hydroxylation is 1. The highest BCUT2D eigenvalue weighted by atomic mass is 35.5. The molecular weight excluding hydrogens is 426 g/mol. The summed E-state index contributed by atoms with van der Waals surface area (Å²) in [5.74, 6) is 0.456. The fourth-order valence-corrected chi connectivity index (χ4v) is 3.45. The second kappa shape index (κ2) is 9.54. The standard InChI is InChI=1S/C26H20ClNO4/c1-17-24(25(28-32-17)20-10-6-7-11-21(20)27)26(29)31-22-15-14-19(16-23(22)30-2)13-12-18-8-4-3-5-9-18/h3-16H,1-2H3. The fourth-order valence-electron chi connectivity index (χ4n) is 3.23. The van der Waals surface area contributed by atoms with Crippen LogP contribution in [0.1, 0.15) is 27.2 Å². The van der Waals surface area contributed by atoms with E-state index in [4.69, 9.17) is 25.6 Å². The lowest BCUT2D eigenvalue weighted by Crippen LogP contribution is -2.11. The summed E-state index contributed by atoms with van der Waals surface area (Å²) in [5, 5.41) is 4.48. The van der Waals surface area contributed by atoms with Crippen molar-refractivity contribution in [3.05, 3.63) is 100 Å². The second-order valence-corrected chi connectivity index (χ2v) is 7.39. The minimum absolute atomic E-state index is 0.216. The van der Waals surface area contributed by atoms with Crippen molar-refractivity contribution < 1.29 is 18.8 Å². The summed E-state index contributed by atoms with van der Waals surface area (Å²) in [5.41, 5.74) is 3.12. The molecule has 0 atom stereocenters. The molecule has 1 heterocycles. The highest BCUT2D eigenvalue weighted by Gasteiger charge is 2.25. The van der Waals surface area contributed by atoms with Gasteiger partial charge in [0.1, 0.15) is 17.0 Å². The number of rotatable bonds is 6. The number of aromatic nitrogens is 1. The molecule has 0 saturated carbocycles. The summed E-state index contributed by atoms with van der Waals surface area (Å²) in [6.07, 6.45) is 3.96. The summed E-state index contributed by atoms with van der Waals surface area (Å²) < 4.78 is 16.4. The molecule has 5 nitrogen and oxygen atoms in total. The maximum Gasteiger partial charge on any atom is 0.349 e. The Kier molecular flexibility index (Phi) is 6.38. The van der Waals surface area contributed by atoms with E-state index in [1.165, 1.54) is 7.11 Å². The van der Waals surface area contributed by atoms with Gasteiger partial charge in [-0.05, 0) is 36.2 Å². The Morgan fingerprint density at radius 1 is 0.938 bits per heavy atom. The minimum Gasteiger partial charge on any atom is -0.493 e. The van der Waals surface area contributed by atoms with Gasteiger partial charge in [-0.25, -0.2) is 4.79 Å². The number of hydrogen-bond acceptors (Lipinski definition) is 5. The number of esters is 1. The number of carbonyl (C=O) groups excluding carboxylic acids is 1. The first kappa shape index (κ1) is 21.4. The third-order valence-electron chi connectivity index (χ3n) is 4.85. The summed E-state index contributed by atoms with van der Waals surface area (Å²) >= 11 is 6.28. The van der Waals surface area contributed by atoms with E-state index in [2.05, 4.69) is 5.16 Å². The van der Waals surface area contributed by atoms with E-state index >= 15 is 0 Å².